The molecule has 0 bridgehead atoms. The lowest BCUT2D eigenvalue weighted by Crippen LogP contribution is -2.45. The molecule has 0 aromatic heterocycles. The van der Waals surface area contributed by atoms with Crippen molar-refractivity contribution in [2.45, 2.75) is 212 Å². The topological polar surface area (TPSA) is 69.6 Å². The Hall–Kier alpha value is -0.870. The van der Waals surface area contributed by atoms with Gasteiger partial charge < -0.3 is 15.5 Å². The standard InChI is InChI=1S/C37H73NO3/c1-3-5-7-9-11-13-15-16-17-18-19-20-21-22-23-25-27-29-31-33-37(41)38-35(34-39)36(40)32-30-28-26-24-14-12-10-8-6-4-2/h16-17,35-36,39-40H,3-15,18-34H2,1-2H3,(H,38,41)/b17-16-. The van der Waals surface area contributed by atoms with E-state index in [1.165, 1.54) is 148 Å². The zero-order chi connectivity index (χ0) is 30.1. The molecule has 0 aliphatic heterocycles. The van der Waals surface area contributed by atoms with E-state index in [1.54, 1.807) is 0 Å². The Kier molecular flexibility index (Phi) is 32.9. The fourth-order valence-electron chi connectivity index (χ4n) is 5.65. The van der Waals surface area contributed by atoms with Gasteiger partial charge in [-0.15, -0.1) is 0 Å². The number of allylic oxidation sites excluding steroid dienone is 2. The van der Waals surface area contributed by atoms with Crippen molar-refractivity contribution in [3.63, 3.8) is 0 Å². The molecule has 0 aliphatic carbocycles. The first-order chi connectivity index (χ1) is 20.2. The Morgan fingerprint density at radius 1 is 0.561 bits per heavy atom. The quantitative estimate of drug-likeness (QED) is 0.0535. The number of nitrogens with one attached hydrogen (secondary N) is 1. The van der Waals surface area contributed by atoms with Gasteiger partial charge in [0, 0.05) is 6.42 Å². The minimum Gasteiger partial charge on any atom is -0.394 e. The number of aliphatic hydroxyl groups is 2. The Morgan fingerprint density at radius 2 is 0.927 bits per heavy atom. The predicted octanol–water partition coefficient (Wildman–Crippen LogP) is 10.7. The second kappa shape index (κ2) is 33.6. The molecular weight excluding hydrogens is 506 g/mol. The van der Waals surface area contributed by atoms with E-state index in [-0.39, 0.29) is 12.5 Å². The second-order valence-corrected chi connectivity index (χ2v) is 12.6. The van der Waals surface area contributed by atoms with E-state index in [2.05, 4.69) is 31.3 Å². The normalized spacial score (nSPS) is 13.2. The molecule has 244 valence electrons. The molecule has 0 fully saturated rings. The average molecular weight is 580 g/mol. The third-order valence-electron chi connectivity index (χ3n) is 8.53. The van der Waals surface area contributed by atoms with Crippen LogP contribution >= 0.6 is 0 Å². The van der Waals surface area contributed by atoms with Crippen LogP contribution in [0.3, 0.4) is 0 Å². The molecule has 0 spiro atoms. The van der Waals surface area contributed by atoms with Gasteiger partial charge in [-0.2, -0.15) is 0 Å². The summed E-state index contributed by atoms with van der Waals surface area (Å²) in [6.45, 7) is 4.33. The SMILES string of the molecule is CCCCCCCC/C=C\CCCCCCCCCCCC(=O)NC(CO)C(O)CCCCCCCCCCCC. The highest BCUT2D eigenvalue weighted by Crippen LogP contribution is 2.15. The van der Waals surface area contributed by atoms with E-state index < -0.39 is 12.1 Å². The Balaban J connectivity index is 3.52. The van der Waals surface area contributed by atoms with Gasteiger partial charge in [0.15, 0.2) is 0 Å². The number of carbonyl (C=O) groups excluding carboxylic acids is 1. The van der Waals surface area contributed by atoms with Crippen LogP contribution in [0.1, 0.15) is 200 Å². The fourth-order valence-corrected chi connectivity index (χ4v) is 5.65. The molecule has 1 amide bonds. The van der Waals surface area contributed by atoms with Crippen molar-refractivity contribution in [1.82, 2.24) is 5.32 Å². The summed E-state index contributed by atoms with van der Waals surface area (Å²) in [6, 6.07) is -0.531. The molecule has 41 heavy (non-hydrogen) atoms. The van der Waals surface area contributed by atoms with Crippen LogP contribution in [0.5, 0.6) is 0 Å². The van der Waals surface area contributed by atoms with E-state index in [9.17, 15) is 15.0 Å². The Labute approximate surface area is 256 Å². The predicted molar refractivity (Wildman–Crippen MR) is 179 cm³/mol. The molecule has 0 saturated carbocycles. The van der Waals surface area contributed by atoms with Crippen LogP contribution in [0.2, 0.25) is 0 Å². The lowest BCUT2D eigenvalue weighted by atomic mass is 10.0. The molecule has 0 rings (SSSR count). The molecule has 0 radical (unpaired) electrons. The maximum atomic E-state index is 12.3. The van der Waals surface area contributed by atoms with Crippen molar-refractivity contribution in [1.29, 1.82) is 0 Å². The van der Waals surface area contributed by atoms with Crippen LogP contribution in [0.25, 0.3) is 0 Å². The van der Waals surface area contributed by atoms with E-state index in [1.807, 2.05) is 0 Å². The van der Waals surface area contributed by atoms with Gasteiger partial charge in [-0.3, -0.25) is 4.79 Å². The summed E-state index contributed by atoms with van der Waals surface area (Å²) < 4.78 is 0. The van der Waals surface area contributed by atoms with Gasteiger partial charge in [-0.05, 0) is 38.5 Å². The molecule has 3 N–H and O–H groups in total. The highest BCUT2D eigenvalue weighted by molar-refractivity contribution is 5.76. The van der Waals surface area contributed by atoms with Crippen molar-refractivity contribution in [3.05, 3.63) is 12.2 Å². The highest BCUT2D eigenvalue weighted by atomic mass is 16.3. The first-order valence-electron chi connectivity index (χ1n) is 18.4. The third kappa shape index (κ3) is 30.4. The minimum absolute atomic E-state index is 0.0350. The van der Waals surface area contributed by atoms with Crippen molar-refractivity contribution in [2.75, 3.05) is 6.61 Å². The van der Waals surface area contributed by atoms with Crippen LogP contribution in [0.15, 0.2) is 12.2 Å². The molecule has 4 nitrogen and oxygen atoms in total. The van der Waals surface area contributed by atoms with Gasteiger partial charge in [0.05, 0.1) is 18.8 Å². The van der Waals surface area contributed by atoms with Gasteiger partial charge in [-0.25, -0.2) is 0 Å². The summed E-state index contributed by atoms with van der Waals surface area (Å²) in [4.78, 5) is 12.3. The van der Waals surface area contributed by atoms with Crippen molar-refractivity contribution in [3.8, 4) is 0 Å². The number of aliphatic hydroxyl groups excluding tert-OH is 2. The van der Waals surface area contributed by atoms with Gasteiger partial charge in [0.1, 0.15) is 0 Å². The summed E-state index contributed by atoms with van der Waals surface area (Å²) in [5, 5.41) is 23.0. The average Bonchev–Trinajstić information content (AvgIpc) is 2.97. The number of carbonyl (C=O) groups is 1. The van der Waals surface area contributed by atoms with Gasteiger partial charge in [0.2, 0.25) is 5.91 Å². The summed E-state index contributed by atoms with van der Waals surface area (Å²) in [7, 11) is 0. The second-order valence-electron chi connectivity index (χ2n) is 12.6. The highest BCUT2D eigenvalue weighted by Gasteiger charge is 2.19. The first kappa shape index (κ1) is 40.1. The van der Waals surface area contributed by atoms with Crippen LogP contribution in [-0.2, 0) is 4.79 Å². The van der Waals surface area contributed by atoms with E-state index in [0.717, 1.165) is 25.7 Å². The fraction of sp³-hybridized carbons (Fsp3) is 0.919. The van der Waals surface area contributed by atoms with Crippen LogP contribution in [-0.4, -0.2) is 34.9 Å². The lowest BCUT2D eigenvalue weighted by molar-refractivity contribution is -0.123. The molecule has 0 saturated heterocycles. The Bertz CT molecular complexity index is 550. The van der Waals surface area contributed by atoms with Crippen LogP contribution < -0.4 is 5.32 Å². The lowest BCUT2D eigenvalue weighted by Gasteiger charge is -2.22. The largest absolute Gasteiger partial charge is 0.394 e. The molecule has 0 heterocycles. The zero-order valence-corrected chi connectivity index (χ0v) is 27.8. The molecule has 0 aromatic rings. The maximum Gasteiger partial charge on any atom is 0.220 e. The van der Waals surface area contributed by atoms with Gasteiger partial charge >= 0.3 is 0 Å². The minimum atomic E-state index is -0.654. The number of unbranched alkanes of at least 4 members (excludes halogenated alkanes) is 24. The number of amides is 1. The third-order valence-corrected chi connectivity index (χ3v) is 8.53. The molecule has 2 unspecified atom stereocenters. The van der Waals surface area contributed by atoms with E-state index in [0.29, 0.717) is 12.8 Å². The summed E-state index contributed by atoms with van der Waals surface area (Å²) >= 11 is 0. The molecule has 0 aromatic carbocycles. The summed E-state index contributed by atoms with van der Waals surface area (Å²) in [6.07, 6.45) is 39.8. The Morgan fingerprint density at radius 3 is 1.34 bits per heavy atom. The van der Waals surface area contributed by atoms with Gasteiger partial charge in [-0.1, -0.05) is 167 Å². The van der Waals surface area contributed by atoms with Crippen molar-refractivity contribution >= 4 is 5.91 Å². The van der Waals surface area contributed by atoms with Crippen molar-refractivity contribution < 1.29 is 15.0 Å². The zero-order valence-electron chi connectivity index (χ0n) is 27.8. The molecular formula is C37H73NO3. The molecule has 4 heteroatoms. The first-order valence-corrected chi connectivity index (χ1v) is 18.4. The molecule has 0 aliphatic rings. The maximum absolute atomic E-state index is 12.3. The van der Waals surface area contributed by atoms with E-state index in [4.69, 9.17) is 0 Å². The summed E-state index contributed by atoms with van der Waals surface area (Å²) in [5.41, 5.74) is 0. The molecule has 2 atom stereocenters. The van der Waals surface area contributed by atoms with Crippen LogP contribution in [0, 0.1) is 0 Å². The monoisotopic (exact) mass is 580 g/mol. The number of rotatable bonds is 33. The smallest absolute Gasteiger partial charge is 0.220 e. The summed E-state index contributed by atoms with van der Waals surface area (Å²) in [5.74, 6) is -0.0350. The number of hydrogen-bond acceptors (Lipinski definition) is 3. The van der Waals surface area contributed by atoms with Gasteiger partial charge in [0.25, 0.3) is 0 Å². The number of hydrogen-bond donors (Lipinski definition) is 3. The van der Waals surface area contributed by atoms with E-state index >= 15 is 0 Å². The van der Waals surface area contributed by atoms with Crippen LogP contribution in [0.4, 0.5) is 0 Å². The van der Waals surface area contributed by atoms with Crippen molar-refractivity contribution in [2.24, 2.45) is 0 Å².